The SMILES string of the molecule is CN[C@@H]1CCN(Cc2cccc3ncnc(Nc4ccc(OCc5cccc(F)c5)c(Cl)c4)c23)C[C@H]1O. The van der Waals surface area contributed by atoms with E-state index in [0.717, 1.165) is 40.7 Å². The van der Waals surface area contributed by atoms with Crippen molar-refractivity contribution in [2.45, 2.75) is 31.7 Å². The third-order valence-corrected chi connectivity index (χ3v) is 6.95. The van der Waals surface area contributed by atoms with Crippen LogP contribution in [-0.4, -0.2) is 52.3 Å². The van der Waals surface area contributed by atoms with Crippen LogP contribution in [0.5, 0.6) is 5.75 Å². The lowest BCUT2D eigenvalue weighted by Gasteiger charge is -2.36. The van der Waals surface area contributed by atoms with Crippen LogP contribution in [0, 0.1) is 5.82 Å². The number of aliphatic hydroxyl groups is 1. The molecule has 1 aliphatic heterocycles. The third-order valence-electron chi connectivity index (χ3n) is 6.66. The molecule has 3 N–H and O–H groups in total. The highest BCUT2D eigenvalue weighted by molar-refractivity contribution is 6.32. The molecule has 1 fully saturated rings. The summed E-state index contributed by atoms with van der Waals surface area (Å²) in [5.41, 5.74) is 3.39. The van der Waals surface area contributed by atoms with Crippen LogP contribution in [0.15, 0.2) is 67.0 Å². The number of ether oxygens (including phenoxy) is 1. The predicted octanol–water partition coefficient (Wildman–Crippen LogP) is 4.90. The maximum Gasteiger partial charge on any atom is 0.142 e. The molecule has 7 nitrogen and oxygen atoms in total. The van der Waals surface area contributed by atoms with E-state index in [0.29, 0.717) is 29.7 Å². The Hall–Kier alpha value is -3.30. The monoisotopic (exact) mass is 521 g/mol. The van der Waals surface area contributed by atoms with Gasteiger partial charge >= 0.3 is 0 Å². The number of aliphatic hydroxyl groups excluding tert-OH is 1. The van der Waals surface area contributed by atoms with Crippen LogP contribution in [0.4, 0.5) is 15.9 Å². The minimum Gasteiger partial charge on any atom is -0.487 e. The Labute approximate surface area is 220 Å². The van der Waals surface area contributed by atoms with E-state index >= 15 is 0 Å². The van der Waals surface area contributed by atoms with E-state index in [2.05, 4.69) is 31.6 Å². The lowest BCUT2D eigenvalue weighted by molar-refractivity contribution is 0.0399. The number of fused-ring (bicyclic) bond motifs is 1. The molecule has 0 aliphatic carbocycles. The number of aromatic nitrogens is 2. The van der Waals surface area contributed by atoms with Crippen LogP contribution in [-0.2, 0) is 13.2 Å². The zero-order chi connectivity index (χ0) is 25.8. The van der Waals surface area contributed by atoms with Gasteiger partial charge in [-0.3, -0.25) is 4.90 Å². The van der Waals surface area contributed by atoms with E-state index in [4.69, 9.17) is 16.3 Å². The van der Waals surface area contributed by atoms with Gasteiger partial charge in [0, 0.05) is 36.7 Å². The molecule has 0 saturated carbocycles. The fourth-order valence-electron chi connectivity index (χ4n) is 4.75. The average Bonchev–Trinajstić information content (AvgIpc) is 2.89. The van der Waals surface area contributed by atoms with Gasteiger partial charge in [0.25, 0.3) is 0 Å². The van der Waals surface area contributed by atoms with Crippen LogP contribution in [0.3, 0.4) is 0 Å². The van der Waals surface area contributed by atoms with E-state index in [9.17, 15) is 9.50 Å². The first-order chi connectivity index (χ1) is 18.0. The zero-order valence-corrected chi connectivity index (χ0v) is 21.3. The fourth-order valence-corrected chi connectivity index (χ4v) is 4.98. The molecule has 0 amide bonds. The largest absolute Gasteiger partial charge is 0.487 e. The smallest absolute Gasteiger partial charge is 0.142 e. The molecule has 192 valence electrons. The van der Waals surface area contributed by atoms with E-state index in [1.54, 1.807) is 24.3 Å². The Morgan fingerprint density at radius 1 is 1.14 bits per heavy atom. The van der Waals surface area contributed by atoms with Gasteiger partial charge in [-0.1, -0.05) is 35.9 Å². The number of nitrogens with one attached hydrogen (secondary N) is 2. The summed E-state index contributed by atoms with van der Waals surface area (Å²) in [6.45, 7) is 2.39. The number of β-amino-alcohol motifs (C(OH)–C–C–N with tert-alkyl or cyclic N) is 1. The molecule has 0 bridgehead atoms. The Balaban J connectivity index is 1.34. The fraction of sp³-hybridized carbons (Fsp3) is 0.286. The highest BCUT2D eigenvalue weighted by Crippen LogP contribution is 2.32. The molecule has 37 heavy (non-hydrogen) atoms. The van der Waals surface area contributed by atoms with Crippen molar-refractivity contribution in [1.29, 1.82) is 0 Å². The summed E-state index contributed by atoms with van der Waals surface area (Å²) in [6, 6.07) is 17.8. The molecule has 1 saturated heterocycles. The number of nitrogens with zero attached hydrogens (tertiary/aromatic N) is 3. The van der Waals surface area contributed by atoms with Crippen molar-refractivity contribution in [2.24, 2.45) is 0 Å². The van der Waals surface area contributed by atoms with Gasteiger partial charge < -0.3 is 20.5 Å². The van der Waals surface area contributed by atoms with Crippen molar-refractivity contribution < 1.29 is 14.2 Å². The molecular formula is C28H29ClFN5O2. The van der Waals surface area contributed by atoms with Crippen molar-refractivity contribution in [3.63, 3.8) is 0 Å². The number of hydrogen-bond acceptors (Lipinski definition) is 7. The van der Waals surface area contributed by atoms with Crippen molar-refractivity contribution in [3.05, 3.63) is 89.0 Å². The summed E-state index contributed by atoms with van der Waals surface area (Å²) in [6.07, 6.45) is 2.01. The van der Waals surface area contributed by atoms with Crippen LogP contribution < -0.4 is 15.4 Å². The molecule has 0 radical (unpaired) electrons. The van der Waals surface area contributed by atoms with Gasteiger partial charge in [-0.25, -0.2) is 14.4 Å². The van der Waals surface area contributed by atoms with Gasteiger partial charge in [-0.2, -0.15) is 0 Å². The average molecular weight is 522 g/mol. The molecule has 3 aromatic carbocycles. The number of likely N-dealkylation sites (tertiary alicyclic amines) is 1. The minimum atomic E-state index is -0.411. The first-order valence-corrected chi connectivity index (χ1v) is 12.6. The van der Waals surface area contributed by atoms with Crippen molar-refractivity contribution in [3.8, 4) is 5.75 Å². The molecular weight excluding hydrogens is 493 g/mol. The maximum atomic E-state index is 13.4. The number of benzene rings is 3. The Bertz CT molecular complexity index is 1380. The summed E-state index contributed by atoms with van der Waals surface area (Å²) in [4.78, 5) is 11.2. The second kappa shape index (κ2) is 11.4. The lowest BCUT2D eigenvalue weighted by atomic mass is 10.0. The molecule has 0 unspecified atom stereocenters. The number of likely N-dealkylation sites (N-methyl/N-ethyl adjacent to an activating group) is 1. The second-order valence-electron chi connectivity index (χ2n) is 9.21. The van der Waals surface area contributed by atoms with Gasteiger partial charge in [0.2, 0.25) is 0 Å². The third kappa shape index (κ3) is 5.99. The first kappa shape index (κ1) is 25.4. The van der Waals surface area contributed by atoms with Gasteiger partial charge in [-0.05, 0) is 61.0 Å². The lowest BCUT2D eigenvalue weighted by Crippen LogP contribution is -2.51. The molecule has 9 heteroatoms. The highest BCUT2D eigenvalue weighted by atomic mass is 35.5. The topological polar surface area (TPSA) is 82.5 Å². The zero-order valence-electron chi connectivity index (χ0n) is 20.5. The number of rotatable bonds is 8. The number of anilines is 2. The summed E-state index contributed by atoms with van der Waals surface area (Å²) in [5, 5.41) is 18.4. The Morgan fingerprint density at radius 3 is 2.78 bits per heavy atom. The van der Waals surface area contributed by atoms with Crippen molar-refractivity contribution in [2.75, 3.05) is 25.5 Å². The molecule has 1 aliphatic rings. The standard InChI is InChI=1S/C28H29ClFN5O2/c1-31-23-10-11-35(15-25(23)36)14-19-5-3-7-24-27(19)28(33-17-32-24)34-21-8-9-26(22(29)13-21)37-16-18-4-2-6-20(30)12-18/h2-9,12-13,17,23,25,31,36H,10-11,14-16H2,1H3,(H,32,33,34)/t23-,25-/m1/s1. The summed E-state index contributed by atoms with van der Waals surface area (Å²) >= 11 is 6.50. The maximum absolute atomic E-state index is 13.4. The van der Waals surface area contributed by atoms with Crippen LogP contribution in [0.25, 0.3) is 10.9 Å². The van der Waals surface area contributed by atoms with E-state index in [-0.39, 0.29) is 18.5 Å². The first-order valence-electron chi connectivity index (χ1n) is 12.2. The molecule has 4 aromatic rings. The Morgan fingerprint density at radius 2 is 2.00 bits per heavy atom. The molecule has 0 spiro atoms. The van der Waals surface area contributed by atoms with Crippen LogP contribution in [0.2, 0.25) is 5.02 Å². The van der Waals surface area contributed by atoms with Crippen LogP contribution in [0.1, 0.15) is 17.5 Å². The number of piperidine rings is 1. The summed E-state index contributed by atoms with van der Waals surface area (Å²) in [7, 11) is 1.89. The van der Waals surface area contributed by atoms with E-state index in [1.165, 1.54) is 18.5 Å². The van der Waals surface area contributed by atoms with E-state index < -0.39 is 6.10 Å². The number of hydrogen-bond donors (Lipinski definition) is 3. The van der Waals surface area contributed by atoms with Gasteiger partial charge in [0.1, 0.15) is 30.3 Å². The van der Waals surface area contributed by atoms with Gasteiger partial charge in [0.15, 0.2) is 0 Å². The van der Waals surface area contributed by atoms with E-state index in [1.807, 2.05) is 25.2 Å². The van der Waals surface area contributed by atoms with Crippen molar-refractivity contribution in [1.82, 2.24) is 20.2 Å². The Kier molecular flexibility index (Phi) is 7.81. The predicted molar refractivity (Wildman–Crippen MR) is 144 cm³/mol. The molecule has 2 atom stereocenters. The second-order valence-corrected chi connectivity index (χ2v) is 9.62. The number of halogens is 2. The molecule has 5 rings (SSSR count). The normalized spacial score (nSPS) is 18.2. The molecule has 2 heterocycles. The van der Waals surface area contributed by atoms with Gasteiger partial charge in [0.05, 0.1) is 16.6 Å². The molecule has 1 aromatic heterocycles. The van der Waals surface area contributed by atoms with Crippen LogP contribution >= 0.6 is 11.6 Å². The quantitative estimate of drug-likeness (QED) is 0.304. The van der Waals surface area contributed by atoms with Crippen molar-refractivity contribution >= 4 is 34.0 Å². The minimum absolute atomic E-state index is 0.120. The summed E-state index contributed by atoms with van der Waals surface area (Å²) < 4.78 is 19.2. The van der Waals surface area contributed by atoms with Gasteiger partial charge in [-0.15, -0.1) is 0 Å². The highest BCUT2D eigenvalue weighted by Gasteiger charge is 2.26. The summed E-state index contributed by atoms with van der Waals surface area (Å²) in [5.74, 6) is 0.880.